The van der Waals surface area contributed by atoms with Crippen molar-refractivity contribution in [3.63, 3.8) is 0 Å². The maximum absolute atomic E-state index is 11.9. The van der Waals surface area contributed by atoms with Crippen LogP contribution in [0.3, 0.4) is 0 Å². The molecule has 3 aromatic rings. The van der Waals surface area contributed by atoms with Crippen molar-refractivity contribution < 1.29 is 128 Å². The molecule has 0 amide bonds. The van der Waals surface area contributed by atoms with Gasteiger partial charge in [0.15, 0.2) is 0 Å². The zero-order chi connectivity index (χ0) is 23.2. The Morgan fingerprint density at radius 1 is 0.676 bits per heavy atom. The summed E-state index contributed by atoms with van der Waals surface area (Å²) >= 11 is 0. The molecular formula is C16H10N3Na3O9S3. The van der Waals surface area contributed by atoms with Gasteiger partial charge in [0.1, 0.15) is 41.7 Å². The molecule has 0 aliphatic carbocycles. The van der Waals surface area contributed by atoms with Crippen LogP contribution in [0, 0.1) is 0 Å². The van der Waals surface area contributed by atoms with Gasteiger partial charge in [-0.1, -0.05) is 18.2 Å². The molecule has 0 bridgehead atoms. The van der Waals surface area contributed by atoms with Gasteiger partial charge in [-0.05, 0) is 35.7 Å². The van der Waals surface area contributed by atoms with Crippen LogP contribution in [0.5, 0.6) is 0 Å². The molecule has 0 unspecified atom stereocenters. The standard InChI is InChI=1S/C16H13N3O9S3.3Na/c17-11-8-10(29(20,21)22)7-9-5-6-13(16(15(9)11)31(26,27)28)19-18-12-3-1-2-4-14(12)30(23,24)25;;;/h1-8H,17H2,(H,20,21,22)(H,23,24,25)(H,26,27,28);;;/q;3*+1/p-3. The molecule has 0 saturated carbocycles. The number of fused-ring (bicyclic) bond motifs is 1. The van der Waals surface area contributed by atoms with Gasteiger partial charge in [-0.15, -0.1) is 10.2 Å². The Kier molecular flexibility index (Phi) is 12.5. The minimum Gasteiger partial charge on any atom is -0.744 e. The van der Waals surface area contributed by atoms with Crippen molar-refractivity contribution in [2.45, 2.75) is 14.7 Å². The SMILES string of the molecule is Nc1cc(S(=O)(=O)[O-])cc2ccc(N=Nc3ccccc3S(=O)(=O)[O-])c(S(=O)(=O)[O-])c12.[Na+].[Na+].[Na+]. The molecule has 0 saturated heterocycles. The van der Waals surface area contributed by atoms with Crippen LogP contribution in [0.25, 0.3) is 10.8 Å². The number of rotatable bonds is 5. The number of hydrogen-bond donors (Lipinski definition) is 1. The summed E-state index contributed by atoms with van der Waals surface area (Å²) in [4.78, 5) is -2.44. The molecule has 0 spiro atoms. The third kappa shape index (κ3) is 7.77. The number of nitrogen functional groups attached to an aromatic ring is 1. The first-order valence-corrected chi connectivity index (χ1v) is 12.2. The maximum atomic E-state index is 11.9. The predicted octanol–water partition coefficient (Wildman–Crippen LogP) is -7.44. The summed E-state index contributed by atoms with van der Waals surface area (Å²) in [5.41, 5.74) is 4.25. The Morgan fingerprint density at radius 2 is 1.24 bits per heavy atom. The number of hydrogen-bond acceptors (Lipinski definition) is 12. The minimum atomic E-state index is -5.27. The monoisotopic (exact) mass is 553 g/mol. The van der Waals surface area contributed by atoms with Gasteiger partial charge in [-0.3, -0.25) is 0 Å². The third-order valence-electron chi connectivity index (χ3n) is 3.99. The second-order valence-corrected chi connectivity index (χ2v) is 10.1. The van der Waals surface area contributed by atoms with E-state index < -0.39 is 67.5 Å². The molecule has 0 aliphatic rings. The summed E-state index contributed by atoms with van der Waals surface area (Å²) in [6, 6.07) is 8.34. The molecule has 0 heterocycles. The first kappa shape index (κ1) is 34.0. The van der Waals surface area contributed by atoms with Gasteiger partial charge >= 0.3 is 88.7 Å². The maximum Gasteiger partial charge on any atom is 1.00 e. The molecule has 18 heteroatoms. The second-order valence-electron chi connectivity index (χ2n) is 6.05. The fraction of sp³-hybridized carbons (Fsp3) is 0. The number of benzene rings is 3. The first-order valence-electron chi connectivity index (χ1n) is 7.94. The van der Waals surface area contributed by atoms with E-state index in [2.05, 4.69) is 10.2 Å². The predicted molar refractivity (Wildman–Crippen MR) is 103 cm³/mol. The number of nitrogens with two attached hydrogens (primary N) is 1. The van der Waals surface area contributed by atoms with E-state index in [1.54, 1.807) is 0 Å². The smallest absolute Gasteiger partial charge is 0.744 e. The Hall–Kier alpha value is 0.0500. The van der Waals surface area contributed by atoms with Gasteiger partial charge in [0.05, 0.1) is 14.7 Å². The van der Waals surface area contributed by atoms with E-state index in [9.17, 15) is 38.9 Å². The summed E-state index contributed by atoms with van der Waals surface area (Å²) in [6.07, 6.45) is 0. The largest absolute Gasteiger partial charge is 1.00 e. The molecule has 34 heavy (non-hydrogen) atoms. The summed E-state index contributed by atoms with van der Waals surface area (Å²) in [5, 5.41) is 6.61. The molecule has 12 nitrogen and oxygen atoms in total. The van der Waals surface area contributed by atoms with Gasteiger partial charge in [0, 0.05) is 11.1 Å². The average Bonchev–Trinajstić information content (AvgIpc) is 2.63. The van der Waals surface area contributed by atoms with Crippen LogP contribution in [0.4, 0.5) is 17.1 Å². The zero-order valence-electron chi connectivity index (χ0n) is 18.0. The van der Waals surface area contributed by atoms with Crippen molar-refractivity contribution in [2.24, 2.45) is 10.2 Å². The van der Waals surface area contributed by atoms with Crippen LogP contribution in [0.15, 0.2) is 73.4 Å². The average molecular weight is 553 g/mol. The normalized spacial score (nSPS) is 12.0. The Balaban J connectivity index is 0.00000363. The molecule has 0 aromatic heterocycles. The first-order chi connectivity index (χ1) is 14.2. The van der Waals surface area contributed by atoms with E-state index in [4.69, 9.17) is 5.73 Å². The van der Waals surface area contributed by atoms with Crippen LogP contribution < -0.4 is 94.4 Å². The van der Waals surface area contributed by atoms with Crippen LogP contribution in [0.2, 0.25) is 0 Å². The summed E-state index contributed by atoms with van der Waals surface area (Å²) in [7, 11) is -15.1. The van der Waals surface area contributed by atoms with E-state index >= 15 is 0 Å². The molecule has 3 rings (SSSR count). The van der Waals surface area contributed by atoms with E-state index in [-0.39, 0.29) is 94.1 Å². The molecule has 0 fully saturated rings. The number of nitrogens with zero attached hydrogens (tertiary/aromatic N) is 2. The van der Waals surface area contributed by atoms with Gasteiger partial charge in [-0.25, -0.2) is 25.3 Å². The van der Waals surface area contributed by atoms with Gasteiger partial charge in [-0.2, -0.15) is 0 Å². The van der Waals surface area contributed by atoms with Crippen molar-refractivity contribution in [1.82, 2.24) is 0 Å². The molecule has 0 radical (unpaired) electrons. The zero-order valence-corrected chi connectivity index (χ0v) is 26.4. The number of azo groups is 1. The third-order valence-corrected chi connectivity index (χ3v) is 6.60. The summed E-state index contributed by atoms with van der Waals surface area (Å²) in [5.74, 6) is 0. The van der Waals surface area contributed by atoms with Crippen molar-refractivity contribution in [2.75, 3.05) is 5.73 Å². The van der Waals surface area contributed by atoms with E-state index in [0.29, 0.717) is 6.07 Å². The fourth-order valence-electron chi connectivity index (χ4n) is 2.76. The molecule has 3 aromatic carbocycles. The van der Waals surface area contributed by atoms with E-state index in [1.807, 2.05) is 0 Å². The van der Waals surface area contributed by atoms with Gasteiger partial charge < -0.3 is 19.4 Å². The van der Waals surface area contributed by atoms with Crippen LogP contribution in [0.1, 0.15) is 0 Å². The van der Waals surface area contributed by atoms with Crippen LogP contribution in [-0.4, -0.2) is 38.9 Å². The quantitative estimate of drug-likeness (QED) is 0.136. The molecule has 164 valence electrons. The number of anilines is 1. The van der Waals surface area contributed by atoms with E-state index in [0.717, 1.165) is 30.3 Å². The van der Waals surface area contributed by atoms with Crippen LogP contribution in [-0.2, 0) is 30.4 Å². The summed E-state index contributed by atoms with van der Waals surface area (Å²) in [6.45, 7) is 0. The Bertz CT molecular complexity index is 1580. The van der Waals surface area contributed by atoms with Crippen molar-refractivity contribution >= 4 is 58.2 Å². The molecule has 0 aliphatic heterocycles. The van der Waals surface area contributed by atoms with Gasteiger partial charge in [0.2, 0.25) is 0 Å². The van der Waals surface area contributed by atoms with E-state index in [1.165, 1.54) is 12.1 Å². The Labute approximate surface area is 261 Å². The summed E-state index contributed by atoms with van der Waals surface area (Å²) < 4.78 is 103. The molecular weight excluding hydrogens is 543 g/mol. The molecule has 0 atom stereocenters. The van der Waals surface area contributed by atoms with Crippen molar-refractivity contribution in [3.8, 4) is 0 Å². The fourth-order valence-corrected chi connectivity index (χ4v) is 4.76. The van der Waals surface area contributed by atoms with Crippen molar-refractivity contribution in [1.29, 1.82) is 0 Å². The van der Waals surface area contributed by atoms with Gasteiger partial charge in [0.25, 0.3) is 0 Å². The Morgan fingerprint density at radius 3 is 1.76 bits per heavy atom. The van der Waals surface area contributed by atoms with Crippen LogP contribution >= 0.6 is 0 Å². The minimum absolute atomic E-state index is 0. The molecule has 2 N–H and O–H groups in total. The second kappa shape index (κ2) is 12.5. The topological polar surface area (TPSA) is 222 Å². The van der Waals surface area contributed by atoms with Crippen molar-refractivity contribution in [3.05, 3.63) is 48.5 Å².